The Morgan fingerprint density at radius 1 is 0.955 bits per heavy atom. The van der Waals surface area contributed by atoms with E-state index in [0.29, 0.717) is 18.2 Å². The lowest BCUT2D eigenvalue weighted by Crippen LogP contribution is -2.04. The molecule has 22 heavy (non-hydrogen) atoms. The molecule has 2 aromatic rings. The Morgan fingerprint density at radius 3 is 2.18 bits per heavy atom. The van der Waals surface area contributed by atoms with Crippen molar-refractivity contribution in [3.05, 3.63) is 77.6 Å². The second kappa shape index (κ2) is 7.08. The van der Waals surface area contributed by atoms with E-state index in [1.165, 1.54) is 0 Å². The zero-order valence-corrected chi connectivity index (χ0v) is 11.7. The first kappa shape index (κ1) is 15.3. The number of nitrogens with one attached hydrogen (secondary N) is 1. The smallest absolute Gasteiger partial charge is 0.371 e. The molecule has 0 radical (unpaired) electrons. The molecule has 0 saturated heterocycles. The van der Waals surface area contributed by atoms with Crippen LogP contribution in [0.2, 0.25) is 0 Å². The Morgan fingerprint density at radius 2 is 1.59 bits per heavy atom. The van der Waals surface area contributed by atoms with Gasteiger partial charge in [-0.3, -0.25) is 4.79 Å². The van der Waals surface area contributed by atoms with Crippen LogP contribution in [0, 0.1) is 0 Å². The van der Waals surface area contributed by atoms with Gasteiger partial charge in [-0.05, 0) is 29.8 Å². The fraction of sp³-hybridized carbons (Fsp3) is 0.0588. The molecule has 0 unspecified atom stereocenters. The van der Waals surface area contributed by atoms with Crippen LogP contribution in [0.5, 0.6) is 0 Å². The topological polar surface area (TPSA) is 86.6 Å². The molecular formula is C17H15NO4. The number of rotatable bonds is 6. The predicted octanol–water partition coefficient (Wildman–Crippen LogP) is 3.01. The summed E-state index contributed by atoms with van der Waals surface area (Å²) in [4.78, 5) is 22.2. The summed E-state index contributed by atoms with van der Waals surface area (Å²) in [5.41, 5.74) is 2.28. The Kier molecular flexibility index (Phi) is 4.93. The van der Waals surface area contributed by atoms with Gasteiger partial charge in [0.1, 0.15) is 0 Å². The Labute approximate surface area is 127 Å². The maximum atomic E-state index is 11.7. The van der Waals surface area contributed by atoms with Crippen LogP contribution < -0.4 is 5.32 Å². The van der Waals surface area contributed by atoms with Crippen molar-refractivity contribution in [1.82, 2.24) is 0 Å². The highest BCUT2D eigenvalue weighted by Crippen LogP contribution is 2.12. The first-order chi connectivity index (χ1) is 10.6. The number of aliphatic hydroxyl groups excluding tert-OH is 1. The number of benzene rings is 2. The number of aliphatic hydroxyl groups is 1. The van der Waals surface area contributed by atoms with E-state index in [4.69, 9.17) is 10.2 Å². The van der Waals surface area contributed by atoms with Gasteiger partial charge < -0.3 is 15.5 Å². The first-order valence-corrected chi connectivity index (χ1v) is 6.62. The summed E-state index contributed by atoms with van der Waals surface area (Å²) in [6, 6.07) is 16.5. The molecule has 3 N–H and O–H groups in total. The van der Waals surface area contributed by atoms with E-state index in [1.807, 2.05) is 30.3 Å². The Hall–Kier alpha value is -3.08. The van der Waals surface area contributed by atoms with Crippen molar-refractivity contribution in [2.45, 2.75) is 6.54 Å². The number of hydrogen-bond donors (Lipinski definition) is 3. The first-order valence-electron chi connectivity index (χ1n) is 6.62. The molecule has 0 amide bonds. The number of anilines is 1. The highest BCUT2D eigenvalue weighted by Gasteiger charge is 2.09. The molecule has 2 rings (SSSR count). The van der Waals surface area contributed by atoms with Gasteiger partial charge in [0.25, 0.3) is 0 Å². The van der Waals surface area contributed by atoms with Gasteiger partial charge in [0.2, 0.25) is 5.76 Å². The van der Waals surface area contributed by atoms with Gasteiger partial charge in [-0.15, -0.1) is 0 Å². The van der Waals surface area contributed by atoms with Crippen LogP contribution in [-0.2, 0) is 11.3 Å². The monoisotopic (exact) mass is 297 g/mol. The summed E-state index contributed by atoms with van der Waals surface area (Å²) in [5.74, 6) is -3.07. The molecule has 0 aliphatic rings. The van der Waals surface area contributed by atoms with E-state index in [9.17, 15) is 9.59 Å². The molecule has 112 valence electrons. The number of aliphatic carboxylic acids is 1. The summed E-state index contributed by atoms with van der Waals surface area (Å²) in [5, 5.41) is 20.8. The van der Waals surface area contributed by atoms with Gasteiger partial charge in [-0.25, -0.2) is 4.79 Å². The van der Waals surface area contributed by atoms with Gasteiger partial charge in [-0.1, -0.05) is 30.3 Å². The SMILES string of the molecule is O=C(O)/C(O)=C/C(=O)c1ccc(NCc2ccccc2)cc1. The van der Waals surface area contributed by atoms with E-state index in [0.717, 1.165) is 11.3 Å². The predicted molar refractivity (Wildman–Crippen MR) is 82.9 cm³/mol. The fourth-order valence-electron chi connectivity index (χ4n) is 1.82. The normalized spacial score (nSPS) is 11.0. The zero-order chi connectivity index (χ0) is 15.9. The standard InChI is InChI=1S/C17H15NO4/c19-15(10-16(20)17(21)22)13-6-8-14(9-7-13)18-11-12-4-2-1-3-5-12/h1-10,18,20H,11H2,(H,21,22)/b16-10-. The highest BCUT2D eigenvalue weighted by atomic mass is 16.4. The third-order valence-corrected chi connectivity index (χ3v) is 3.00. The minimum Gasteiger partial charge on any atom is -0.502 e. The molecule has 0 fully saturated rings. The molecule has 5 nitrogen and oxygen atoms in total. The summed E-state index contributed by atoms with van der Waals surface area (Å²) in [7, 11) is 0. The van der Waals surface area contributed by atoms with Gasteiger partial charge in [0.15, 0.2) is 5.78 Å². The summed E-state index contributed by atoms with van der Waals surface area (Å²) < 4.78 is 0. The number of ketones is 1. The Balaban J connectivity index is 2.00. The van der Waals surface area contributed by atoms with Gasteiger partial charge in [0.05, 0.1) is 0 Å². The van der Waals surface area contributed by atoms with Crippen LogP contribution in [0.15, 0.2) is 66.4 Å². The Bertz CT molecular complexity index is 690. The van der Waals surface area contributed by atoms with E-state index >= 15 is 0 Å². The quantitative estimate of drug-likeness (QED) is 0.433. The van der Waals surface area contributed by atoms with Crippen molar-refractivity contribution in [2.75, 3.05) is 5.32 Å². The number of carboxylic acids is 1. The lowest BCUT2D eigenvalue weighted by atomic mass is 10.1. The molecule has 2 aromatic carbocycles. The maximum Gasteiger partial charge on any atom is 0.371 e. The summed E-state index contributed by atoms with van der Waals surface area (Å²) in [6.45, 7) is 0.661. The molecule has 0 saturated carbocycles. The van der Waals surface area contributed by atoms with Crippen LogP contribution in [0.4, 0.5) is 5.69 Å². The summed E-state index contributed by atoms with van der Waals surface area (Å²) >= 11 is 0. The number of allylic oxidation sites excluding steroid dienone is 1. The molecule has 0 atom stereocenters. The molecule has 0 bridgehead atoms. The third-order valence-electron chi connectivity index (χ3n) is 3.00. The second-order valence-corrected chi connectivity index (χ2v) is 4.62. The lowest BCUT2D eigenvalue weighted by molar-refractivity contribution is -0.135. The van der Waals surface area contributed by atoms with Crippen molar-refractivity contribution in [1.29, 1.82) is 0 Å². The molecule has 0 heterocycles. The van der Waals surface area contributed by atoms with E-state index in [2.05, 4.69) is 5.32 Å². The zero-order valence-electron chi connectivity index (χ0n) is 11.7. The van der Waals surface area contributed by atoms with E-state index < -0.39 is 17.5 Å². The molecular weight excluding hydrogens is 282 g/mol. The van der Waals surface area contributed by atoms with Crippen molar-refractivity contribution >= 4 is 17.4 Å². The van der Waals surface area contributed by atoms with Crippen LogP contribution in [0.25, 0.3) is 0 Å². The molecule has 0 aromatic heterocycles. The van der Waals surface area contributed by atoms with Gasteiger partial charge >= 0.3 is 5.97 Å². The fourth-order valence-corrected chi connectivity index (χ4v) is 1.82. The number of carboxylic acid groups (broad SMARTS) is 1. The molecule has 5 heteroatoms. The lowest BCUT2D eigenvalue weighted by Gasteiger charge is -2.07. The molecule has 0 aliphatic heterocycles. The van der Waals surface area contributed by atoms with Gasteiger partial charge in [0, 0.05) is 23.9 Å². The van der Waals surface area contributed by atoms with Crippen LogP contribution >= 0.6 is 0 Å². The van der Waals surface area contributed by atoms with Crippen molar-refractivity contribution < 1.29 is 19.8 Å². The summed E-state index contributed by atoms with van der Waals surface area (Å²) in [6.07, 6.45) is 0.689. The average molecular weight is 297 g/mol. The number of carbonyl (C=O) groups excluding carboxylic acids is 1. The van der Waals surface area contributed by atoms with E-state index in [1.54, 1.807) is 24.3 Å². The minimum absolute atomic E-state index is 0.304. The number of carbonyl (C=O) groups is 2. The maximum absolute atomic E-state index is 11.7. The minimum atomic E-state index is -1.53. The van der Waals surface area contributed by atoms with Crippen molar-refractivity contribution in [3.63, 3.8) is 0 Å². The highest BCUT2D eigenvalue weighted by molar-refractivity contribution is 6.07. The van der Waals surface area contributed by atoms with Gasteiger partial charge in [-0.2, -0.15) is 0 Å². The average Bonchev–Trinajstić information content (AvgIpc) is 2.54. The third kappa shape index (κ3) is 4.21. The van der Waals surface area contributed by atoms with Crippen LogP contribution in [-0.4, -0.2) is 22.0 Å². The van der Waals surface area contributed by atoms with E-state index in [-0.39, 0.29) is 0 Å². The van der Waals surface area contributed by atoms with Crippen molar-refractivity contribution in [2.24, 2.45) is 0 Å². The largest absolute Gasteiger partial charge is 0.502 e. The van der Waals surface area contributed by atoms with Crippen LogP contribution in [0.1, 0.15) is 15.9 Å². The molecule has 0 spiro atoms. The number of hydrogen-bond acceptors (Lipinski definition) is 4. The second-order valence-electron chi connectivity index (χ2n) is 4.62. The van der Waals surface area contributed by atoms with Crippen LogP contribution in [0.3, 0.4) is 0 Å². The molecule has 0 aliphatic carbocycles. The van der Waals surface area contributed by atoms with Crippen molar-refractivity contribution in [3.8, 4) is 0 Å².